The molecule has 30 heavy (non-hydrogen) atoms. The highest BCUT2D eigenvalue weighted by Gasteiger charge is 2.10. The Kier molecular flexibility index (Phi) is 6.15. The molecular weight excluding hydrogens is 429 g/mol. The van der Waals surface area contributed by atoms with Crippen molar-refractivity contribution in [2.75, 3.05) is 0 Å². The summed E-state index contributed by atoms with van der Waals surface area (Å²) in [4.78, 5) is 33.6. The average molecular weight is 445 g/mol. The van der Waals surface area contributed by atoms with E-state index in [9.17, 15) is 14.0 Å². The zero-order valence-electron chi connectivity index (χ0n) is 15.6. The van der Waals surface area contributed by atoms with Crippen LogP contribution < -0.4 is 10.3 Å². The maximum Gasteiger partial charge on any atom is 0.307 e. The number of nitrogens with zero attached hydrogens (tertiary/aromatic N) is 3. The van der Waals surface area contributed by atoms with E-state index in [1.807, 2.05) is 5.38 Å². The van der Waals surface area contributed by atoms with Crippen molar-refractivity contribution in [1.82, 2.24) is 14.5 Å². The van der Waals surface area contributed by atoms with Crippen LogP contribution in [0.3, 0.4) is 0 Å². The molecule has 4 rings (SSSR count). The molecule has 0 saturated heterocycles. The van der Waals surface area contributed by atoms with Crippen LogP contribution >= 0.6 is 22.7 Å². The minimum Gasteiger partial charge on any atom is -0.486 e. The van der Waals surface area contributed by atoms with Crippen molar-refractivity contribution in [1.29, 1.82) is 0 Å². The first-order chi connectivity index (χ1) is 14.6. The minimum atomic E-state index is -0.426. The second-order valence-electron chi connectivity index (χ2n) is 6.27. The van der Waals surface area contributed by atoms with Gasteiger partial charge in [0.15, 0.2) is 0 Å². The Balaban J connectivity index is 1.24. The highest BCUT2D eigenvalue weighted by molar-refractivity contribution is 7.16. The van der Waals surface area contributed by atoms with Gasteiger partial charge in [0.1, 0.15) is 34.6 Å². The number of aromatic nitrogens is 3. The zero-order valence-corrected chi connectivity index (χ0v) is 17.2. The number of carbonyl (C=O) groups excluding carboxylic acids is 1. The molecule has 0 saturated carbocycles. The van der Waals surface area contributed by atoms with Gasteiger partial charge in [-0.3, -0.25) is 14.2 Å². The van der Waals surface area contributed by atoms with E-state index >= 15 is 0 Å². The van der Waals surface area contributed by atoms with E-state index in [0.29, 0.717) is 26.7 Å². The summed E-state index contributed by atoms with van der Waals surface area (Å²) >= 11 is 2.78. The van der Waals surface area contributed by atoms with Gasteiger partial charge >= 0.3 is 5.97 Å². The highest BCUT2D eigenvalue weighted by atomic mass is 32.1. The minimum absolute atomic E-state index is 0.0442. The summed E-state index contributed by atoms with van der Waals surface area (Å²) in [5.41, 5.74) is 0.448. The molecule has 0 N–H and O–H groups in total. The van der Waals surface area contributed by atoms with Crippen LogP contribution in [0.4, 0.5) is 4.39 Å². The number of esters is 1. The molecule has 0 spiro atoms. The van der Waals surface area contributed by atoms with E-state index in [2.05, 4.69) is 9.97 Å². The number of thiophene rings is 1. The van der Waals surface area contributed by atoms with Gasteiger partial charge in [0, 0.05) is 11.9 Å². The van der Waals surface area contributed by atoms with Crippen molar-refractivity contribution in [2.45, 2.75) is 26.2 Å². The molecule has 0 aliphatic heterocycles. The summed E-state index contributed by atoms with van der Waals surface area (Å²) in [6.45, 7) is 0.484. The third kappa shape index (κ3) is 4.89. The second-order valence-corrected chi connectivity index (χ2v) is 8.11. The van der Waals surface area contributed by atoms with Crippen LogP contribution in [-0.2, 0) is 29.3 Å². The summed E-state index contributed by atoms with van der Waals surface area (Å²) < 4.78 is 25.1. The fourth-order valence-electron chi connectivity index (χ4n) is 2.65. The van der Waals surface area contributed by atoms with Crippen molar-refractivity contribution in [3.05, 3.63) is 74.3 Å². The van der Waals surface area contributed by atoms with E-state index in [4.69, 9.17) is 9.47 Å². The molecule has 0 atom stereocenters. The molecule has 4 aromatic rings. The molecule has 3 heterocycles. The van der Waals surface area contributed by atoms with Gasteiger partial charge in [0.05, 0.1) is 23.8 Å². The number of ether oxygens (including phenoxy) is 2. The smallest absolute Gasteiger partial charge is 0.307 e. The van der Waals surface area contributed by atoms with E-state index < -0.39 is 5.97 Å². The molecule has 0 unspecified atom stereocenters. The first-order valence-corrected chi connectivity index (χ1v) is 10.7. The zero-order chi connectivity index (χ0) is 20.9. The predicted octanol–water partition coefficient (Wildman–Crippen LogP) is 3.77. The van der Waals surface area contributed by atoms with Crippen molar-refractivity contribution in [3.8, 4) is 5.75 Å². The van der Waals surface area contributed by atoms with E-state index in [1.165, 1.54) is 45.7 Å². The van der Waals surface area contributed by atoms with E-state index in [-0.39, 0.29) is 37.6 Å². The summed E-state index contributed by atoms with van der Waals surface area (Å²) in [6.07, 6.45) is 1.50. The number of aryl methyl sites for hydroxylation is 1. The lowest BCUT2D eigenvalue weighted by molar-refractivity contribution is -0.145. The number of hydrogen-bond donors (Lipinski definition) is 0. The Hall–Kier alpha value is -3.11. The molecule has 10 heteroatoms. The summed E-state index contributed by atoms with van der Waals surface area (Å²) in [5, 5.41) is 4.86. The van der Waals surface area contributed by atoms with Crippen LogP contribution in [0.5, 0.6) is 5.75 Å². The Bertz CT molecular complexity index is 1220. The first-order valence-electron chi connectivity index (χ1n) is 8.98. The second kappa shape index (κ2) is 9.14. The number of carbonyl (C=O) groups is 1. The molecule has 1 aromatic carbocycles. The highest BCUT2D eigenvalue weighted by Crippen LogP contribution is 2.17. The lowest BCUT2D eigenvalue weighted by Gasteiger charge is -2.06. The Morgan fingerprint density at radius 3 is 2.80 bits per heavy atom. The van der Waals surface area contributed by atoms with Gasteiger partial charge in [-0.05, 0) is 35.7 Å². The molecule has 0 aliphatic carbocycles. The normalized spacial score (nSPS) is 11.0. The number of hydrogen-bond acceptors (Lipinski definition) is 8. The number of fused-ring (bicyclic) bond motifs is 1. The van der Waals surface area contributed by atoms with Gasteiger partial charge in [-0.25, -0.2) is 14.4 Å². The van der Waals surface area contributed by atoms with E-state index in [0.717, 1.165) is 0 Å². The number of rotatable bonds is 8. The Morgan fingerprint density at radius 1 is 1.13 bits per heavy atom. The third-order valence-corrected chi connectivity index (χ3v) is 5.86. The quantitative estimate of drug-likeness (QED) is 0.384. The monoisotopic (exact) mass is 445 g/mol. The number of thiazole rings is 1. The molecule has 0 fully saturated rings. The van der Waals surface area contributed by atoms with Crippen molar-refractivity contribution >= 4 is 38.9 Å². The van der Waals surface area contributed by atoms with Crippen LogP contribution in [0.25, 0.3) is 10.2 Å². The van der Waals surface area contributed by atoms with Gasteiger partial charge in [-0.1, -0.05) is 0 Å². The molecule has 3 aromatic heterocycles. The maximum atomic E-state index is 12.9. The predicted molar refractivity (Wildman–Crippen MR) is 111 cm³/mol. The summed E-state index contributed by atoms with van der Waals surface area (Å²) in [5.74, 6) is -0.205. The fraction of sp³-hybridized carbons (Fsp3) is 0.200. The van der Waals surface area contributed by atoms with Crippen LogP contribution in [-0.4, -0.2) is 20.5 Å². The Morgan fingerprint density at radius 2 is 1.97 bits per heavy atom. The third-order valence-electron chi connectivity index (χ3n) is 4.16. The summed E-state index contributed by atoms with van der Waals surface area (Å²) in [6, 6.07) is 7.46. The molecule has 0 radical (unpaired) electrons. The molecule has 154 valence electrons. The SMILES string of the molecule is O=C(CCn1cnc2sccc2c1=O)OCc1csc(COc2ccc(F)cc2)n1. The van der Waals surface area contributed by atoms with Crippen LogP contribution in [0.15, 0.2) is 52.2 Å². The van der Waals surface area contributed by atoms with Crippen molar-refractivity contribution in [2.24, 2.45) is 0 Å². The standard InChI is InChI=1S/C20H16FN3O4S2/c21-13-1-3-15(4-2-13)27-10-17-23-14(11-30-17)9-28-18(25)5-7-24-12-22-19-16(20(24)26)6-8-29-19/h1-4,6,8,11-12H,5,7,9-10H2. The largest absolute Gasteiger partial charge is 0.486 e. The molecule has 0 aliphatic rings. The Labute approximate surface area is 178 Å². The summed E-state index contributed by atoms with van der Waals surface area (Å²) in [7, 11) is 0. The van der Waals surface area contributed by atoms with Crippen LogP contribution in [0.2, 0.25) is 0 Å². The average Bonchev–Trinajstić information content (AvgIpc) is 3.41. The van der Waals surface area contributed by atoms with Gasteiger partial charge in [0.25, 0.3) is 5.56 Å². The molecule has 7 nitrogen and oxygen atoms in total. The van der Waals surface area contributed by atoms with Crippen molar-refractivity contribution < 1.29 is 18.7 Å². The van der Waals surface area contributed by atoms with Gasteiger partial charge < -0.3 is 9.47 Å². The lowest BCUT2D eigenvalue weighted by Crippen LogP contribution is -2.21. The fourth-order valence-corrected chi connectivity index (χ4v) is 4.06. The van der Waals surface area contributed by atoms with Crippen LogP contribution in [0, 0.1) is 5.82 Å². The van der Waals surface area contributed by atoms with Gasteiger partial charge in [0.2, 0.25) is 0 Å². The maximum absolute atomic E-state index is 12.9. The van der Waals surface area contributed by atoms with E-state index in [1.54, 1.807) is 23.6 Å². The van der Waals surface area contributed by atoms with Gasteiger partial charge in [-0.15, -0.1) is 22.7 Å². The number of halogens is 1. The topological polar surface area (TPSA) is 83.3 Å². The van der Waals surface area contributed by atoms with Gasteiger partial charge in [-0.2, -0.15) is 0 Å². The molecule has 0 bridgehead atoms. The number of benzene rings is 1. The first kappa shape index (κ1) is 20.2. The lowest BCUT2D eigenvalue weighted by atomic mass is 10.3. The molecule has 0 amide bonds. The molecular formula is C20H16FN3O4S2. The van der Waals surface area contributed by atoms with Crippen LogP contribution in [0.1, 0.15) is 17.1 Å². The van der Waals surface area contributed by atoms with Crippen molar-refractivity contribution in [3.63, 3.8) is 0 Å².